The number of rotatable bonds is 3. The lowest BCUT2D eigenvalue weighted by Crippen LogP contribution is -2.00. The van der Waals surface area contributed by atoms with Crippen LogP contribution in [0.4, 0.5) is 0 Å². The first kappa shape index (κ1) is 10.1. The first-order chi connectivity index (χ1) is 7.27. The predicted molar refractivity (Wildman–Crippen MR) is 61.3 cm³/mol. The van der Waals surface area contributed by atoms with E-state index in [0.29, 0.717) is 5.75 Å². The molecule has 2 aromatic rings. The van der Waals surface area contributed by atoms with Gasteiger partial charge in [0.05, 0.1) is 17.8 Å². The molecule has 15 heavy (non-hydrogen) atoms. The summed E-state index contributed by atoms with van der Waals surface area (Å²) < 4.78 is 13.2. The molecule has 78 valence electrons. The molecule has 0 amide bonds. The van der Waals surface area contributed by atoms with Crippen LogP contribution in [0, 0.1) is 0 Å². The smallest absolute Gasteiger partial charge is 0.0991 e. The minimum Gasteiger partial charge on any atom is -0.306 e. The fourth-order valence-electron chi connectivity index (χ4n) is 1.51. The van der Waals surface area contributed by atoms with Gasteiger partial charge in [0.1, 0.15) is 0 Å². The molecule has 1 unspecified atom stereocenters. The van der Waals surface area contributed by atoms with Crippen molar-refractivity contribution in [3.63, 3.8) is 0 Å². The largest absolute Gasteiger partial charge is 0.306 e. The maximum Gasteiger partial charge on any atom is 0.0991 e. The molecule has 1 aromatic carbocycles. The van der Waals surface area contributed by atoms with Crippen molar-refractivity contribution >= 4 is 10.8 Å². The first-order valence-corrected chi connectivity index (χ1v) is 6.36. The molecule has 1 atom stereocenters. The van der Waals surface area contributed by atoms with Crippen molar-refractivity contribution in [2.24, 2.45) is 0 Å². The van der Waals surface area contributed by atoms with Crippen LogP contribution in [-0.2, 0) is 16.6 Å². The van der Waals surface area contributed by atoms with Gasteiger partial charge in [0.25, 0.3) is 0 Å². The highest BCUT2D eigenvalue weighted by atomic mass is 32.2. The highest BCUT2D eigenvalue weighted by Crippen LogP contribution is 2.15. The Morgan fingerprint density at radius 3 is 2.87 bits per heavy atom. The standard InChI is InChI=1S/C11H12N2OS/c1-15(14)8-10-4-2-3-5-11(10)13-7-6-12-9-13/h2-7,9H,8H2,1H3. The fourth-order valence-corrected chi connectivity index (χ4v) is 2.19. The third-order valence-corrected chi connectivity index (χ3v) is 2.85. The average molecular weight is 220 g/mol. The SMILES string of the molecule is CS(=O)Cc1ccccc1-n1ccnc1. The number of para-hydroxylation sites is 1. The van der Waals surface area contributed by atoms with Gasteiger partial charge in [-0.15, -0.1) is 0 Å². The number of imidazole rings is 1. The van der Waals surface area contributed by atoms with Gasteiger partial charge in [-0.3, -0.25) is 4.21 Å². The Kier molecular flexibility index (Phi) is 2.97. The maximum absolute atomic E-state index is 11.2. The zero-order chi connectivity index (χ0) is 10.7. The summed E-state index contributed by atoms with van der Waals surface area (Å²) in [5.74, 6) is 0.578. The van der Waals surface area contributed by atoms with Crippen LogP contribution in [0.1, 0.15) is 5.56 Å². The second-order valence-corrected chi connectivity index (χ2v) is 4.75. The van der Waals surface area contributed by atoms with Gasteiger partial charge in [-0.1, -0.05) is 18.2 Å². The molecule has 1 heterocycles. The van der Waals surface area contributed by atoms with E-state index in [1.165, 1.54) is 0 Å². The molecule has 0 bridgehead atoms. The van der Waals surface area contributed by atoms with Crippen LogP contribution in [0.3, 0.4) is 0 Å². The summed E-state index contributed by atoms with van der Waals surface area (Å²) in [5.41, 5.74) is 2.13. The molecule has 0 saturated heterocycles. The molecule has 4 heteroatoms. The average Bonchev–Trinajstić information content (AvgIpc) is 2.70. The lowest BCUT2D eigenvalue weighted by atomic mass is 10.2. The van der Waals surface area contributed by atoms with E-state index in [-0.39, 0.29) is 0 Å². The molecule has 0 fully saturated rings. The number of aromatic nitrogens is 2. The van der Waals surface area contributed by atoms with Crippen molar-refractivity contribution in [1.82, 2.24) is 9.55 Å². The number of hydrogen-bond donors (Lipinski definition) is 0. The topological polar surface area (TPSA) is 34.9 Å². The summed E-state index contributed by atoms with van der Waals surface area (Å²) in [7, 11) is -0.822. The summed E-state index contributed by atoms with van der Waals surface area (Å²) in [4.78, 5) is 4.01. The summed E-state index contributed by atoms with van der Waals surface area (Å²) in [5, 5.41) is 0. The Labute approximate surface area is 91.2 Å². The quantitative estimate of drug-likeness (QED) is 0.790. The van der Waals surface area contributed by atoms with Crippen LogP contribution in [0.25, 0.3) is 5.69 Å². The summed E-state index contributed by atoms with van der Waals surface area (Å²) in [6.45, 7) is 0. The van der Waals surface area contributed by atoms with Crippen molar-refractivity contribution in [1.29, 1.82) is 0 Å². The monoisotopic (exact) mass is 220 g/mol. The second-order valence-electron chi connectivity index (χ2n) is 3.32. The Balaban J connectivity index is 2.42. The Bertz CT molecular complexity index is 465. The Morgan fingerprint density at radius 1 is 1.40 bits per heavy atom. The Hall–Kier alpha value is -1.42. The van der Waals surface area contributed by atoms with E-state index in [1.54, 1.807) is 18.8 Å². The van der Waals surface area contributed by atoms with Crippen molar-refractivity contribution in [3.8, 4) is 5.69 Å². The van der Waals surface area contributed by atoms with E-state index in [4.69, 9.17) is 0 Å². The van der Waals surface area contributed by atoms with Gasteiger partial charge >= 0.3 is 0 Å². The van der Waals surface area contributed by atoms with E-state index >= 15 is 0 Å². The van der Waals surface area contributed by atoms with E-state index in [9.17, 15) is 4.21 Å². The van der Waals surface area contributed by atoms with Crippen LogP contribution in [0.5, 0.6) is 0 Å². The minimum atomic E-state index is -0.822. The maximum atomic E-state index is 11.2. The number of hydrogen-bond acceptors (Lipinski definition) is 2. The van der Waals surface area contributed by atoms with Crippen LogP contribution >= 0.6 is 0 Å². The molecule has 0 N–H and O–H groups in total. The first-order valence-electron chi connectivity index (χ1n) is 4.63. The van der Waals surface area contributed by atoms with E-state index in [2.05, 4.69) is 4.98 Å². The van der Waals surface area contributed by atoms with Gasteiger partial charge in [0.2, 0.25) is 0 Å². The molecular formula is C11H12N2OS. The summed E-state index contributed by atoms with van der Waals surface area (Å²) in [6.07, 6.45) is 7.08. The van der Waals surface area contributed by atoms with Gasteiger partial charge in [-0.25, -0.2) is 4.98 Å². The molecule has 3 nitrogen and oxygen atoms in total. The molecular weight excluding hydrogens is 208 g/mol. The molecule has 0 radical (unpaired) electrons. The van der Waals surface area contributed by atoms with Crippen LogP contribution < -0.4 is 0 Å². The van der Waals surface area contributed by atoms with Crippen LogP contribution in [-0.4, -0.2) is 20.0 Å². The van der Waals surface area contributed by atoms with Gasteiger partial charge in [-0.2, -0.15) is 0 Å². The summed E-state index contributed by atoms with van der Waals surface area (Å²) >= 11 is 0. The minimum absolute atomic E-state index is 0.578. The molecule has 0 saturated carbocycles. The van der Waals surface area contributed by atoms with Gasteiger partial charge < -0.3 is 4.57 Å². The molecule has 2 rings (SSSR count). The predicted octanol–water partition coefficient (Wildman–Crippen LogP) is 1.75. The molecule has 0 spiro atoms. The van der Waals surface area contributed by atoms with E-state index in [0.717, 1.165) is 11.3 Å². The third-order valence-electron chi connectivity index (χ3n) is 2.13. The van der Waals surface area contributed by atoms with Gasteiger partial charge in [-0.05, 0) is 11.6 Å². The number of nitrogens with zero attached hydrogens (tertiary/aromatic N) is 2. The van der Waals surface area contributed by atoms with Crippen molar-refractivity contribution in [2.45, 2.75) is 5.75 Å². The zero-order valence-corrected chi connectivity index (χ0v) is 9.28. The second kappa shape index (κ2) is 4.40. The zero-order valence-electron chi connectivity index (χ0n) is 8.46. The molecule has 0 aliphatic carbocycles. The van der Waals surface area contributed by atoms with E-state index in [1.807, 2.05) is 35.0 Å². The van der Waals surface area contributed by atoms with Gasteiger partial charge in [0.15, 0.2) is 0 Å². The van der Waals surface area contributed by atoms with Crippen molar-refractivity contribution in [2.75, 3.05) is 6.26 Å². The van der Waals surface area contributed by atoms with Crippen LogP contribution in [0.2, 0.25) is 0 Å². The highest BCUT2D eigenvalue weighted by Gasteiger charge is 2.04. The van der Waals surface area contributed by atoms with Gasteiger partial charge in [0, 0.05) is 29.4 Å². The summed E-state index contributed by atoms with van der Waals surface area (Å²) in [6, 6.07) is 7.93. The van der Waals surface area contributed by atoms with Crippen molar-refractivity contribution in [3.05, 3.63) is 48.5 Å². The lowest BCUT2D eigenvalue weighted by Gasteiger charge is -2.08. The molecule has 0 aliphatic rings. The van der Waals surface area contributed by atoms with Crippen LogP contribution in [0.15, 0.2) is 43.0 Å². The normalized spacial score (nSPS) is 12.6. The fraction of sp³-hybridized carbons (Fsp3) is 0.182. The number of benzene rings is 1. The Morgan fingerprint density at radius 2 is 2.20 bits per heavy atom. The van der Waals surface area contributed by atoms with E-state index < -0.39 is 10.8 Å². The molecule has 0 aliphatic heterocycles. The highest BCUT2D eigenvalue weighted by molar-refractivity contribution is 7.83. The third kappa shape index (κ3) is 2.33. The molecule has 1 aromatic heterocycles. The van der Waals surface area contributed by atoms with Crippen molar-refractivity contribution < 1.29 is 4.21 Å². The lowest BCUT2D eigenvalue weighted by molar-refractivity contribution is 0.686.